The van der Waals surface area contributed by atoms with Crippen LogP contribution in [-0.4, -0.2) is 20.4 Å². The normalized spacial score (nSPS) is 10.6. The maximum atomic E-state index is 13.2. The highest BCUT2D eigenvalue weighted by atomic mass is 19.1. The largest absolute Gasteiger partial charge is 0.487 e. The molecule has 6 nitrogen and oxygen atoms in total. The van der Waals surface area contributed by atoms with Crippen molar-refractivity contribution in [3.63, 3.8) is 0 Å². The fourth-order valence-corrected chi connectivity index (χ4v) is 2.93. The third-order valence-corrected chi connectivity index (χ3v) is 4.44. The second kappa shape index (κ2) is 9.00. The van der Waals surface area contributed by atoms with Crippen molar-refractivity contribution < 1.29 is 13.9 Å². The summed E-state index contributed by atoms with van der Waals surface area (Å²) in [6, 6.07) is 19.0. The van der Waals surface area contributed by atoms with Crippen molar-refractivity contribution in [3.05, 3.63) is 108 Å². The SMILES string of the molecule is O=C(NCc1cccc(OCc2ccccn2)c1)c1cncn1-c1ccc(F)cc1. The van der Waals surface area contributed by atoms with Crippen LogP contribution in [0.3, 0.4) is 0 Å². The van der Waals surface area contributed by atoms with Crippen LogP contribution in [0.15, 0.2) is 85.5 Å². The van der Waals surface area contributed by atoms with Gasteiger partial charge < -0.3 is 10.1 Å². The summed E-state index contributed by atoms with van der Waals surface area (Å²) in [6.45, 7) is 0.696. The Labute approximate surface area is 173 Å². The van der Waals surface area contributed by atoms with Crippen LogP contribution in [0.1, 0.15) is 21.7 Å². The highest BCUT2D eigenvalue weighted by Gasteiger charge is 2.13. The Balaban J connectivity index is 1.39. The molecule has 4 aromatic rings. The monoisotopic (exact) mass is 402 g/mol. The Morgan fingerprint density at radius 2 is 1.93 bits per heavy atom. The topological polar surface area (TPSA) is 69.0 Å². The molecule has 7 heteroatoms. The van der Waals surface area contributed by atoms with E-state index in [-0.39, 0.29) is 11.7 Å². The van der Waals surface area contributed by atoms with Gasteiger partial charge in [-0.15, -0.1) is 0 Å². The first-order chi connectivity index (χ1) is 14.7. The van der Waals surface area contributed by atoms with E-state index >= 15 is 0 Å². The van der Waals surface area contributed by atoms with E-state index in [4.69, 9.17) is 4.74 Å². The Morgan fingerprint density at radius 3 is 2.73 bits per heavy atom. The summed E-state index contributed by atoms with van der Waals surface area (Å²) in [5.41, 5.74) is 2.76. The van der Waals surface area contributed by atoms with E-state index in [1.54, 1.807) is 22.9 Å². The first kappa shape index (κ1) is 19.3. The number of nitrogens with one attached hydrogen (secondary N) is 1. The highest BCUT2D eigenvalue weighted by Crippen LogP contribution is 2.16. The zero-order chi connectivity index (χ0) is 20.8. The van der Waals surface area contributed by atoms with Gasteiger partial charge in [0.25, 0.3) is 5.91 Å². The lowest BCUT2D eigenvalue weighted by Crippen LogP contribution is -2.25. The van der Waals surface area contributed by atoms with E-state index in [0.29, 0.717) is 30.3 Å². The first-order valence-electron chi connectivity index (χ1n) is 9.37. The Kier molecular flexibility index (Phi) is 5.80. The smallest absolute Gasteiger partial charge is 0.270 e. The summed E-state index contributed by atoms with van der Waals surface area (Å²) >= 11 is 0. The minimum absolute atomic E-state index is 0.281. The number of imidazole rings is 1. The van der Waals surface area contributed by atoms with Gasteiger partial charge in [-0.05, 0) is 54.1 Å². The van der Waals surface area contributed by atoms with Gasteiger partial charge in [0, 0.05) is 18.4 Å². The first-order valence-corrected chi connectivity index (χ1v) is 9.37. The highest BCUT2D eigenvalue weighted by molar-refractivity contribution is 5.92. The average molecular weight is 402 g/mol. The molecular weight excluding hydrogens is 383 g/mol. The molecule has 0 bridgehead atoms. The zero-order valence-electron chi connectivity index (χ0n) is 16.0. The predicted octanol–water partition coefficient (Wildman–Crippen LogP) is 3.92. The molecule has 0 radical (unpaired) electrons. The van der Waals surface area contributed by atoms with Gasteiger partial charge in [0.05, 0.1) is 18.2 Å². The van der Waals surface area contributed by atoms with E-state index in [2.05, 4.69) is 15.3 Å². The van der Waals surface area contributed by atoms with Crippen LogP contribution in [0.5, 0.6) is 5.75 Å². The van der Waals surface area contributed by atoms with Crippen LogP contribution >= 0.6 is 0 Å². The number of amides is 1. The number of carbonyl (C=O) groups is 1. The molecular formula is C23H19FN4O2. The maximum Gasteiger partial charge on any atom is 0.270 e. The molecule has 0 aliphatic rings. The number of aromatic nitrogens is 3. The lowest BCUT2D eigenvalue weighted by atomic mass is 10.2. The van der Waals surface area contributed by atoms with Crippen LogP contribution in [0.2, 0.25) is 0 Å². The standard InChI is InChI=1S/C23H19FN4O2/c24-18-7-9-20(10-8-18)28-16-25-14-22(28)23(29)27-13-17-4-3-6-21(12-17)30-15-19-5-1-2-11-26-19/h1-12,14,16H,13,15H2,(H,27,29). The molecule has 0 unspecified atom stereocenters. The number of halogens is 1. The third-order valence-electron chi connectivity index (χ3n) is 4.44. The molecule has 0 atom stereocenters. The molecule has 0 aliphatic carbocycles. The second-order valence-corrected chi connectivity index (χ2v) is 6.57. The van der Waals surface area contributed by atoms with Gasteiger partial charge in [-0.1, -0.05) is 18.2 Å². The predicted molar refractivity (Wildman–Crippen MR) is 110 cm³/mol. The van der Waals surface area contributed by atoms with E-state index in [1.165, 1.54) is 24.7 Å². The quantitative estimate of drug-likeness (QED) is 0.509. The molecule has 2 aromatic heterocycles. The van der Waals surface area contributed by atoms with Gasteiger partial charge in [0.2, 0.25) is 0 Å². The van der Waals surface area contributed by atoms with Gasteiger partial charge in [-0.2, -0.15) is 0 Å². The maximum absolute atomic E-state index is 13.2. The second-order valence-electron chi connectivity index (χ2n) is 6.57. The number of pyridine rings is 1. The number of hydrogen-bond donors (Lipinski definition) is 1. The average Bonchev–Trinajstić information content (AvgIpc) is 3.28. The number of nitrogens with zero attached hydrogens (tertiary/aromatic N) is 3. The van der Waals surface area contributed by atoms with Crippen molar-refractivity contribution in [2.75, 3.05) is 0 Å². The van der Waals surface area contributed by atoms with Gasteiger partial charge in [-0.3, -0.25) is 14.3 Å². The molecule has 1 amide bonds. The summed E-state index contributed by atoms with van der Waals surface area (Å²) in [5, 5.41) is 2.88. The van der Waals surface area contributed by atoms with Crippen LogP contribution in [0, 0.1) is 5.82 Å². The third kappa shape index (κ3) is 4.70. The van der Waals surface area contributed by atoms with Crippen LogP contribution in [-0.2, 0) is 13.2 Å². The Hall–Kier alpha value is -4.00. The minimum Gasteiger partial charge on any atom is -0.487 e. The molecule has 0 saturated heterocycles. The van der Waals surface area contributed by atoms with Gasteiger partial charge in [0.1, 0.15) is 23.9 Å². The summed E-state index contributed by atoms with van der Waals surface area (Å²) < 4.78 is 20.6. The van der Waals surface area contributed by atoms with Crippen molar-refractivity contribution in [3.8, 4) is 11.4 Å². The van der Waals surface area contributed by atoms with Gasteiger partial charge in [-0.25, -0.2) is 9.37 Å². The molecule has 0 saturated carbocycles. The van der Waals surface area contributed by atoms with Crippen molar-refractivity contribution in [1.29, 1.82) is 0 Å². The lowest BCUT2D eigenvalue weighted by molar-refractivity contribution is 0.0944. The fourth-order valence-electron chi connectivity index (χ4n) is 2.93. The van der Waals surface area contributed by atoms with Crippen molar-refractivity contribution >= 4 is 5.91 Å². The lowest BCUT2D eigenvalue weighted by Gasteiger charge is -2.10. The molecule has 2 heterocycles. The molecule has 0 spiro atoms. The number of carbonyl (C=O) groups excluding carboxylic acids is 1. The molecule has 0 fully saturated rings. The summed E-state index contributed by atoms with van der Waals surface area (Å²) in [7, 11) is 0. The molecule has 30 heavy (non-hydrogen) atoms. The van der Waals surface area contributed by atoms with E-state index in [9.17, 15) is 9.18 Å². The van der Waals surface area contributed by atoms with Crippen molar-refractivity contribution in [1.82, 2.24) is 19.9 Å². The molecule has 1 N–H and O–H groups in total. The summed E-state index contributed by atoms with van der Waals surface area (Å²) in [5.74, 6) is 0.0791. The molecule has 2 aromatic carbocycles. The van der Waals surface area contributed by atoms with Crippen LogP contribution < -0.4 is 10.1 Å². The fraction of sp³-hybridized carbons (Fsp3) is 0.0870. The van der Waals surface area contributed by atoms with Gasteiger partial charge in [0.15, 0.2) is 0 Å². The summed E-state index contributed by atoms with van der Waals surface area (Å²) in [6.07, 6.45) is 4.72. The van der Waals surface area contributed by atoms with Crippen LogP contribution in [0.25, 0.3) is 5.69 Å². The number of hydrogen-bond acceptors (Lipinski definition) is 4. The Morgan fingerprint density at radius 1 is 1.07 bits per heavy atom. The van der Waals surface area contributed by atoms with E-state index in [1.807, 2.05) is 42.5 Å². The molecule has 4 rings (SSSR count). The van der Waals surface area contributed by atoms with E-state index in [0.717, 1.165) is 11.3 Å². The minimum atomic E-state index is -0.338. The summed E-state index contributed by atoms with van der Waals surface area (Å²) in [4.78, 5) is 20.9. The Bertz CT molecular complexity index is 1130. The molecule has 0 aliphatic heterocycles. The number of benzene rings is 2. The number of rotatable bonds is 7. The van der Waals surface area contributed by atoms with E-state index < -0.39 is 0 Å². The van der Waals surface area contributed by atoms with Gasteiger partial charge >= 0.3 is 0 Å². The van der Waals surface area contributed by atoms with Crippen LogP contribution in [0.4, 0.5) is 4.39 Å². The van der Waals surface area contributed by atoms with Crippen molar-refractivity contribution in [2.24, 2.45) is 0 Å². The molecule has 150 valence electrons. The number of ether oxygens (including phenoxy) is 1. The zero-order valence-corrected chi connectivity index (χ0v) is 16.0. The van der Waals surface area contributed by atoms with Crippen molar-refractivity contribution in [2.45, 2.75) is 13.2 Å².